The number of rotatable bonds is 3. The summed E-state index contributed by atoms with van der Waals surface area (Å²) >= 11 is 8.08. The van der Waals surface area contributed by atoms with E-state index >= 15 is 0 Å². The van der Waals surface area contributed by atoms with Crippen LogP contribution in [-0.2, 0) is 0 Å². The summed E-state index contributed by atoms with van der Waals surface area (Å²) in [5.74, 6) is 0.120. The molecular formula is C9H11ClINO. The second-order valence-corrected chi connectivity index (χ2v) is 5.36. The normalized spacial score (nSPS) is 12.5. The van der Waals surface area contributed by atoms with Crippen molar-refractivity contribution in [3.63, 3.8) is 0 Å². The molecule has 0 aliphatic rings. The van der Waals surface area contributed by atoms with Gasteiger partial charge in [-0.2, -0.15) is 0 Å². The number of phenols is 1. The lowest BCUT2D eigenvalue weighted by Gasteiger charge is -2.08. The largest absolute Gasteiger partial charge is 0.506 e. The van der Waals surface area contributed by atoms with E-state index in [1.165, 1.54) is 0 Å². The Morgan fingerprint density at radius 3 is 2.85 bits per heavy atom. The standard InChI is InChI=1S/C9H11ClINO/c1-6(11)5-12-7-2-3-9(13)8(10)4-7/h2-4,6,12-13H,5H2,1H3. The average molecular weight is 312 g/mol. The van der Waals surface area contributed by atoms with Crippen LogP contribution in [0.5, 0.6) is 5.75 Å². The van der Waals surface area contributed by atoms with Crippen LogP contribution in [0.2, 0.25) is 5.02 Å². The SMILES string of the molecule is CC(I)CNc1ccc(O)c(Cl)c1. The molecule has 2 N–H and O–H groups in total. The molecule has 0 radical (unpaired) electrons. The monoisotopic (exact) mass is 311 g/mol. The van der Waals surface area contributed by atoms with Crippen LogP contribution in [0.3, 0.4) is 0 Å². The topological polar surface area (TPSA) is 32.3 Å². The molecule has 0 amide bonds. The molecule has 0 spiro atoms. The molecule has 13 heavy (non-hydrogen) atoms. The van der Waals surface area contributed by atoms with Gasteiger partial charge in [-0.15, -0.1) is 0 Å². The summed E-state index contributed by atoms with van der Waals surface area (Å²) < 4.78 is 0.560. The Balaban J connectivity index is 2.63. The maximum atomic E-state index is 9.16. The van der Waals surface area contributed by atoms with Crippen molar-refractivity contribution < 1.29 is 5.11 Å². The number of phenolic OH excluding ortho intramolecular Hbond substituents is 1. The second kappa shape index (κ2) is 4.91. The van der Waals surface area contributed by atoms with Crippen molar-refractivity contribution in [2.45, 2.75) is 10.8 Å². The fourth-order valence-electron chi connectivity index (χ4n) is 0.875. The summed E-state index contributed by atoms with van der Waals surface area (Å²) in [6, 6.07) is 5.11. The van der Waals surface area contributed by atoms with Gasteiger partial charge in [0.25, 0.3) is 0 Å². The number of benzene rings is 1. The van der Waals surface area contributed by atoms with E-state index in [2.05, 4.69) is 34.8 Å². The van der Waals surface area contributed by atoms with Gasteiger partial charge in [-0.1, -0.05) is 41.1 Å². The van der Waals surface area contributed by atoms with Gasteiger partial charge in [0.2, 0.25) is 0 Å². The van der Waals surface area contributed by atoms with Crippen molar-refractivity contribution in [3.05, 3.63) is 23.2 Å². The third kappa shape index (κ3) is 3.60. The molecule has 0 saturated carbocycles. The molecule has 1 aromatic rings. The van der Waals surface area contributed by atoms with Crippen molar-refractivity contribution in [2.24, 2.45) is 0 Å². The fourth-order valence-corrected chi connectivity index (χ4v) is 1.28. The van der Waals surface area contributed by atoms with Gasteiger partial charge in [0.15, 0.2) is 0 Å². The van der Waals surface area contributed by atoms with E-state index in [1.807, 2.05) is 0 Å². The maximum absolute atomic E-state index is 9.16. The molecule has 72 valence electrons. The minimum atomic E-state index is 0.120. The van der Waals surface area contributed by atoms with Gasteiger partial charge in [-0.3, -0.25) is 0 Å². The Hall–Kier alpha value is -0.160. The van der Waals surface area contributed by atoms with E-state index in [0.717, 1.165) is 12.2 Å². The molecule has 0 heterocycles. The Kier molecular flexibility index (Phi) is 4.12. The van der Waals surface area contributed by atoms with Crippen molar-refractivity contribution in [2.75, 3.05) is 11.9 Å². The van der Waals surface area contributed by atoms with Crippen LogP contribution in [0.1, 0.15) is 6.92 Å². The number of alkyl halides is 1. The van der Waals surface area contributed by atoms with E-state index in [9.17, 15) is 0 Å². The summed E-state index contributed by atoms with van der Waals surface area (Å²) in [4.78, 5) is 0. The van der Waals surface area contributed by atoms with E-state index in [0.29, 0.717) is 8.95 Å². The molecule has 0 aromatic heterocycles. The molecule has 0 bridgehead atoms. The molecule has 0 aliphatic carbocycles. The molecule has 1 atom stereocenters. The number of anilines is 1. The van der Waals surface area contributed by atoms with Crippen molar-refractivity contribution >= 4 is 39.9 Å². The van der Waals surface area contributed by atoms with E-state index < -0.39 is 0 Å². The first kappa shape index (κ1) is 10.9. The first-order valence-electron chi connectivity index (χ1n) is 3.96. The molecule has 1 aromatic carbocycles. The zero-order chi connectivity index (χ0) is 9.84. The quantitative estimate of drug-likeness (QED) is 0.510. The highest BCUT2D eigenvalue weighted by atomic mass is 127. The maximum Gasteiger partial charge on any atom is 0.134 e. The Morgan fingerprint density at radius 1 is 1.62 bits per heavy atom. The van der Waals surface area contributed by atoms with Gasteiger partial charge in [-0.25, -0.2) is 0 Å². The molecular weight excluding hydrogens is 300 g/mol. The molecule has 0 aliphatic heterocycles. The number of halogens is 2. The van der Waals surface area contributed by atoms with Crippen LogP contribution in [0.15, 0.2) is 18.2 Å². The van der Waals surface area contributed by atoms with Crippen molar-refractivity contribution in [1.82, 2.24) is 0 Å². The molecule has 4 heteroatoms. The van der Waals surface area contributed by atoms with Gasteiger partial charge in [0, 0.05) is 16.2 Å². The minimum absolute atomic E-state index is 0.120. The summed E-state index contributed by atoms with van der Waals surface area (Å²) in [7, 11) is 0. The van der Waals surface area contributed by atoms with Crippen LogP contribution in [0, 0.1) is 0 Å². The Bertz CT molecular complexity index is 291. The van der Waals surface area contributed by atoms with E-state index in [1.54, 1.807) is 18.2 Å². The molecule has 1 rings (SSSR count). The predicted molar refractivity (Wildman–Crippen MR) is 65.1 cm³/mol. The zero-order valence-electron chi connectivity index (χ0n) is 7.22. The van der Waals surface area contributed by atoms with Gasteiger partial charge in [-0.05, 0) is 18.2 Å². The fraction of sp³-hybridized carbons (Fsp3) is 0.333. The number of hydrogen-bond acceptors (Lipinski definition) is 2. The van der Waals surface area contributed by atoms with Crippen LogP contribution < -0.4 is 5.32 Å². The van der Waals surface area contributed by atoms with Crippen LogP contribution in [0.25, 0.3) is 0 Å². The highest BCUT2D eigenvalue weighted by Gasteiger charge is 2.00. The molecule has 2 nitrogen and oxygen atoms in total. The third-order valence-corrected chi connectivity index (χ3v) is 2.28. The first-order valence-corrected chi connectivity index (χ1v) is 5.58. The summed E-state index contributed by atoms with van der Waals surface area (Å²) in [6.07, 6.45) is 0. The smallest absolute Gasteiger partial charge is 0.134 e. The van der Waals surface area contributed by atoms with Crippen LogP contribution in [-0.4, -0.2) is 15.6 Å². The van der Waals surface area contributed by atoms with Gasteiger partial charge >= 0.3 is 0 Å². The van der Waals surface area contributed by atoms with Gasteiger partial charge < -0.3 is 10.4 Å². The lowest BCUT2D eigenvalue weighted by molar-refractivity contribution is 0.475. The summed E-state index contributed by atoms with van der Waals surface area (Å²) in [5.41, 5.74) is 0.936. The van der Waals surface area contributed by atoms with E-state index in [-0.39, 0.29) is 5.75 Å². The zero-order valence-corrected chi connectivity index (χ0v) is 10.1. The first-order chi connectivity index (χ1) is 6.09. The third-order valence-electron chi connectivity index (χ3n) is 1.54. The number of aromatic hydroxyl groups is 1. The highest BCUT2D eigenvalue weighted by molar-refractivity contribution is 14.1. The molecule has 1 unspecified atom stereocenters. The van der Waals surface area contributed by atoms with Crippen molar-refractivity contribution in [1.29, 1.82) is 0 Å². The summed E-state index contributed by atoms with van der Waals surface area (Å²) in [6.45, 7) is 3.01. The van der Waals surface area contributed by atoms with Crippen LogP contribution in [0.4, 0.5) is 5.69 Å². The van der Waals surface area contributed by atoms with Gasteiger partial charge in [0.05, 0.1) is 5.02 Å². The van der Waals surface area contributed by atoms with Crippen molar-refractivity contribution in [3.8, 4) is 5.75 Å². The number of hydrogen-bond donors (Lipinski definition) is 2. The van der Waals surface area contributed by atoms with Gasteiger partial charge in [0.1, 0.15) is 5.75 Å². The molecule has 0 saturated heterocycles. The lowest BCUT2D eigenvalue weighted by atomic mass is 10.3. The Morgan fingerprint density at radius 2 is 2.31 bits per heavy atom. The number of nitrogens with one attached hydrogen (secondary N) is 1. The minimum Gasteiger partial charge on any atom is -0.506 e. The highest BCUT2D eigenvalue weighted by Crippen LogP contribution is 2.26. The lowest BCUT2D eigenvalue weighted by Crippen LogP contribution is -2.09. The Labute approximate surface area is 96.4 Å². The van der Waals surface area contributed by atoms with Crippen LogP contribution >= 0.6 is 34.2 Å². The summed E-state index contributed by atoms with van der Waals surface area (Å²) in [5, 5.41) is 12.7. The second-order valence-electron chi connectivity index (χ2n) is 2.83. The predicted octanol–water partition coefficient (Wildman–Crippen LogP) is 3.28. The average Bonchev–Trinajstić information content (AvgIpc) is 2.07. The van der Waals surface area contributed by atoms with E-state index in [4.69, 9.17) is 16.7 Å². The molecule has 0 fully saturated rings.